The maximum absolute atomic E-state index is 11.9. The molecule has 0 aliphatic heterocycles. The number of carbonyl (C=O) groups is 1. The number of carbonyl (C=O) groups excluding carboxylic acids is 1. The first kappa shape index (κ1) is 12.2. The van der Waals surface area contributed by atoms with Crippen LogP contribution in [0.2, 0.25) is 0 Å². The maximum atomic E-state index is 11.9. The smallest absolute Gasteiger partial charge is 0.203 e. The molecule has 0 saturated heterocycles. The predicted molar refractivity (Wildman–Crippen MR) is 67.3 cm³/mol. The molecule has 0 bridgehead atoms. The molecule has 2 rings (SSSR count). The molecular weight excluding hydrogens is 226 g/mol. The third kappa shape index (κ3) is 2.88. The van der Waals surface area contributed by atoms with Gasteiger partial charge in [-0.15, -0.1) is 0 Å². The molecule has 0 saturated carbocycles. The van der Waals surface area contributed by atoms with Crippen LogP contribution in [-0.2, 0) is 0 Å². The second-order valence-electron chi connectivity index (χ2n) is 3.95. The molecular formula is C15H14NO2. The van der Waals surface area contributed by atoms with Gasteiger partial charge in [-0.25, -0.2) is 0 Å². The predicted octanol–water partition coefficient (Wildman–Crippen LogP) is 2.06. The number of Topliss-reactive ketones (excluding diaryl/α,β-unsaturated/α-hetero) is 1. The number of nitrogens with zero attached hydrogens (tertiary/aromatic N) is 1. The lowest BCUT2D eigenvalue weighted by Gasteiger charge is -2.05. The van der Waals surface area contributed by atoms with Gasteiger partial charge in [0.15, 0.2) is 5.78 Å². The lowest BCUT2D eigenvalue weighted by molar-refractivity contribution is -0.625. The lowest BCUT2D eigenvalue weighted by atomic mass is 10.1. The van der Waals surface area contributed by atoms with Gasteiger partial charge in [-0.2, -0.15) is 0 Å². The lowest BCUT2D eigenvalue weighted by Crippen LogP contribution is -2.34. The van der Waals surface area contributed by atoms with Gasteiger partial charge in [0, 0.05) is 0 Å². The fourth-order valence-electron chi connectivity index (χ4n) is 1.50. The summed E-state index contributed by atoms with van der Waals surface area (Å²) in [5.74, 6) is 0.570. The largest absolute Gasteiger partial charge is 0.497 e. The van der Waals surface area contributed by atoms with E-state index in [0.717, 1.165) is 11.3 Å². The number of ketones is 1. The average Bonchev–Trinajstić information content (AvgIpc) is 2.41. The first-order chi connectivity index (χ1) is 8.69. The zero-order valence-corrected chi connectivity index (χ0v) is 10.4. The topological polar surface area (TPSA) is 30.2 Å². The molecule has 0 amide bonds. The SMILES string of the molecule is COc1ccc(C(=O)[C-][n+]2ccc(C)cc2)cc1. The van der Waals surface area contributed by atoms with Gasteiger partial charge in [0.2, 0.25) is 6.54 Å². The Morgan fingerprint density at radius 3 is 2.28 bits per heavy atom. The van der Waals surface area contributed by atoms with Gasteiger partial charge in [0.1, 0.15) is 5.75 Å². The summed E-state index contributed by atoms with van der Waals surface area (Å²) in [5, 5.41) is 0. The van der Waals surface area contributed by atoms with Gasteiger partial charge < -0.3 is 9.53 Å². The van der Waals surface area contributed by atoms with Crippen molar-refractivity contribution < 1.29 is 14.1 Å². The van der Waals surface area contributed by atoms with E-state index in [0.29, 0.717) is 5.56 Å². The van der Waals surface area contributed by atoms with E-state index in [4.69, 9.17) is 4.74 Å². The molecule has 0 aliphatic rings. The Kier molecular flexibility index (Phi) is 3.63. The molecule has 0 spiro atoms. The summed E-state index contributed by atoms with van der Waals surface area (Å²) >= 11 is 0. The van der Waals surface area contributed by atoms with Crippen molar-refractivity contribution in [2.45, 2.75) is 6.92 Å². The molecule has 3 heteroatoms. The van der Waals surface area contributed by atoms with Crippen LogP contribution in [0.4, 0.5) is 0 Å². The summed E-state index contributed by atoms with van der Waals surface area (Å²) in [7, 11) is 1.59. The Balaban J connectivity index is 2.09. The molecule has 1 aromatic carbocycles. The number of rotatable bonds is 4. The summed E-state index contributed by atoms with van der Waals surface area (Å²) in [4.78, 5) is 11.9. The van der Waals surface area contributed by atoms with E-state index >= 15 is 0 Å². The Morgan fingerprint density at radius 1 is 1.11 bits per heavy atom. The third-order valence-electron chi connectivity index (χ3n) is 2.58. The van der Waals surface area contributed by atoms with Crippen LogP contribution in [-0.4, -0.2) is 12.9 Å². The van der Waals surface area contributed by atoms with E-state index in [1.807, 2.05) is 19.1 Å². The van der Waals surface area contributed by atoms with Crippen molar-refractivity contribution in [1.82, 2.24) is 0 Å². The molecule has 1 heterocycles. The van der Waals surface area contributed by atoms with E-state index < -0.39 is 0 Å². The first-order valence-corrected chi connectivity index (χ1v) is 5.62. The summed E-state index contributed by atoms with van der Waals surface area (Å²) in [6.45, 7) is 4.76. The standard InChI is InChI=1S/C15H14NO2/c1-12-7-9-16(10-8-12)11-15(17)13-3-5-14(18-2)6-4-13/h3-10H,1-2H3. The Hall–Kier alpha value is -2.29. The molecule has 0 aliphatic carbocycles. The van der Waals surface area contributed by atoms with Gasteiger partial charge in [-0.05, 0) is 36.8 Å². The summed E-state index contributed by atoms with van der Waals surface area (Å²) in [5.41, 5.74) is 1.73. The zero-order valence-electron chi connectivity index (χ0n) is 10.4. The summed E-state index contributed by atoms with van der Waals surface area (Å²) in [6.07, 6.45) is 3.60. The number of hydrogen-bond donors (Lipinski definition) is 0. The number of benzene rings is 1. The van der Waals surface area contributed by atoms with Crippen LogP contribution >= 0.6 is 0 Å². The minimum atomic E-state index is -0.161. The van der Waals surface area contributed by atoms with E-state index in [-0.39, 0.29) is 5.78 Å². The third-order valence-corrected chi connectivity index (χ3v) is 2.58. The summed E-state index contributed by atoms with van der Waals surface area (Å²) in [6, 6.07) is 10.8. The molecule has 0 unspecified atom stereocenters. The summed E-state index contributed by atoms with van der Waals surface area (Å²) < 4.78 is 6.67. The highest BCUT2D eigenvalue weighted by atomic mass is 16.5. The average molecular weight is 240 g/mol. The van der Waals surface area contributed by atoms with Gasteiger partial charge >= 0.3 is 0 Å². The van der Waals surface area contributed by atoms with Crippen LogP contribution < -0.4 is 9.30 Å². The second-order valence-corrected chi connectivity index (χ2v) is 3.95. The highest BCUT2D eigenvalue weighted by molar-refractivity contribution is 6.01. The number of ether oxygens (including phenoxy) is 1. The fourth-order valence-corrected chi connectivity index (χ4v) is 1.50. The van der Waals surface area contributed by atoms with Crippen molar-refractivity contribution in [3.63, 3.8) is 0 Å². The van der Waals surface area contributed by atoms with Crippen molar-refractivity contribution in [3.8, 4) is 5.75 Å². The fraction of sp³-hybridized carbons (Fsp3) is 0.133. The van der Waals surface area contributed by atoms with Gasteiger partial charge in [-0.3, -0.25) is 4.57 Å². The van der Waals surface area contributed by atoms with Gasteiger partial charge in [0.25, 0.3) is 0 Å². The van der Waals surface area contributed by atoms with Crippen molar-refractivity contribution in [2.75, 3.05) is 7.11 Å². The van der Waals surface area contributed by atoms with Crippen molar-refractivity contribution in [2.24, 2.45) is 0 Å². The van der Waals surface area contributed by atoms with Crippen molar-refractivity contribution >= 4 is 5.78 Å². The van der Waals surface area contributed by atoms with Crippen LogP contribution in [0.1, 0.15) is 15.9 Å². The minimum Gasteiger partial charge on any atom is -0.497 e. The minimum absolute atomic E-state index is 0.161. The molecule has 18 heavy (non-hydrogen) atoms. The molecule has 0 atom stereocenters. The first-order valence-electron chi connectivity index (χ1n) is 5.62. The molecule has 91 valence electrons. The zero-order chi connectivity index (χ0) is 13.0. The van der Waals surface area contributed by atoms with E-state index in [1.165, 1.54) is 0 Å². The maximum Gasteiger partial charge on any atom is 0.203 e. The molecule has 1 aromatic heterocycles. The number of aryl methyl sites for hydroxylation is 1. The highest BCUT2D eigenvalue weighted by Crippen LogP contribution is 2.11. The molecule has 3 nitrogen and oxygen atoms in total. The number of pyridine rings is 1. The van der Waals surface area contributed by atoms with Crippen LogP contribution in [0.15, 0.2) is 48.8 Å². The Labute approximate surface area is 107 Å². The number of methoxy groups -OCH3 is 1. The number of hydrogen-bond acceptors (Lipinski definition) is 2. The van der Waals surface area contributed by atoms with E-state index in [9.17, 15) is 4.79 Å². The van der Waals surface area contributed by atoms with Crippen molar-refractivity contribution in [1.29, 1.82) is 0 Å². The van der Waals surface area contributed by atoms with Crippen LogP contribution in [0, 0.1) is 13.5 Å². The Bertz CT molecular complexity index is 529. The normalized spacial score (nSPS) is 9.89. The molecule has 2 aromatic rings. The van der Waals surface area contributed by atoms with Crippen LogP contribution in [0.25, 0.3) is 0 Å². The molecule has 0 N–H and O–H groups in total. The van der Waals surface area contributed by atoms with Crippen molar-refractivity contribution in [3.05, 3.63) is 66.5 Å². The number of aromatic nitrogens is 1. The second kappa shape index (κ2) is 5.36. The molecule has 1 radical (unpaired) electrons. The highest BCUT2D eigenvalue weighted by Gasteiger charge is 2.07. The monoisotopic (exact) mass is 240 g/mol. The molecule has 0 fully saturated rings. The van der Waals surface area contributed by atoms with Gasteiger partial charge in [-0.1, -0.05) is 17.7 Å². The van der Waals surface area contributed by atoms with E-state index in [2.05, 4.69) is 6.54 Å². The van der Waals surface area contributed by atoms with Crippen LogP contribution in [0.5, 0.6) is 5.75 Å². The quantitative estimate of drug-likeness (QED) is 0.465. The Morgan fingerprint density at radius 2 is 1.72 bits per heavy atom. The van der Waals surface area contributed by atoms with E-state index in [1.54, 1.807) is 48.3 Å². The van der Waals surface area contributed by atoms with Gasteiger partial charge in [0.05, 0.1) is 19.5 Å². The van der Waals surface area contributed by atoms with Crippen LogP contribution in [0.3, 0.4) is 0 Å².